The minimum absolute atomic E-state index is 0.373. The van der Waals surface area contributed by atoms with E-state index in [0.717, 1.165) is 0 Å². The maximum atomic E-state index is 12.5. The van der Waals surface area contributed by atoms with Crippen molar-refractivity contribution in [2.75, 3.05) is 14.2 Å². The summed E-state index contributed by atoms with van der Waals surface area (Å²) in [6.45, 7) is 0. The first-order valence-electron chi connectivity index (χ1n) is 7.70. The zero-order valence-corrected chi connectivity index (χ0v) is 14.3. The van der Waals surface area contributed by atoms with Crippen molar-refractivity contribution in [1.29, 1.82) is 10.5 Å². The van der Waals surface area contributed by atoms with Crippen molar-refractivity contribution in [2.24, 2.45) is 0 Å². The van der Waals surface area contributed by atoms with Crippen molar-refractivity contribution in [3.8, 4) is 23.6 Å². The van der Waals surface area contributed by atoms with Crippen LogP contribution in [0.1, 0.15) is 23.0 Å². The van der Waals surface area contributed by atoms with E-state index in [2.05, 4.69) is 0 Å². The minimum Gasteiger partial charge on any atom is -0.497 e. The van der Waals surface area contributed by atoms with E-state index in [1.807, 2.05) is 12.1 Å². The molecule has 0 amide bonds. The third kappa shape index (κ3) is 3.88. The molecule has 2 rings (SSSR count). The zero-order chi connectivity index (χ0) is 19.1. The van der Waals surface area contributed by atoms with Crippen LogP contribution in [0.4, 0.5) is 0 Å². The van der Waals surface area contributed by atoms with Crippen LogP contribution in [-0.2, 0) is 9.59 Å². The summed E-state index contributed by atoms with van der Waals surface area (Å²) in [4.78, 5) is 25.1. The lowest BCUT2D eigenvalue weighted by atomic mass is 9.86. The van der Waals surface area contributed by atoms with Gasteiger partial charge < -0.3 is 9.47 Å². The molecule has 0 saturated carbocycles. The molecule has 0 radical (unpaired) electrons. The highest BCUT2D eigenvalue weighted by atomic mass is 16.5. The van der Waals surface area contributed by atoms with Crippen LogP contribution < -0.4 is 9.47 Å². The van der Waals surface area contributed by atoms with Gasteiger partial charge in [0.1, 0.15) is 23.3 Å². The number of rotatable bonds is 7. The summed E-state index contributed by atoms with van der Waals surface area (Å²) in [5.41, 5.74) is 0.746. The van der Waals surface area contributed by atoms with Gasteiger partial charge >= 0.3 is 0 Å². The third-order valence-corrected chi connectivity index (χ3v) is 3.92. The van der Waals surface area contributed by atoms with Crippen molar-refractivity contribution in [2.45, 2.75) is 11.8 Å². The number of methoxy groups -OCH3 is 2. The maximum Gasteiger partial charge on any atom is 0.221 e. The van der Waals surface area contributed by atoms with E-state index in [1.165, 1.54) is 14.2 Å². The van der Waals surface area contributed by atoms with Gasteiger partial charge in [-0.25, -0.2) is 0 Å². The molecule has 0 N–H and O–H groups in total. The van der Waals surface area contributed by atoms with Gasteiger partial charge in [-0.15, -0.1) is 0 Å². The molecule has 130 valence electrons. The summed E-state index contributed by atoms with van der Waals surface area (Å²) in [7, 11) is 3.00. The summed E-state index contributed by atoms with van der Waals surface area (Å²) in [5.74, 6) is -3.25. The van der Waals surface area contributed by atoms with E-state index in [0.29, 0.717) is 22.6 Å². The molecule has 0 bridgehead atoms. The van der Waals surface area contributed by atoms with E-state index in [-0.39, 0.29) is 0 Å². The van der Waals surface area contributed by atoms with E-state index >= 15 is 0 Å². The maximum absolute atomic E-state index is 12.5. The number of benzene rings is 2. The van der Waals surface area contributed by atoms with Crippen LogP contribution in [0.15, 0.2) is 48.5 Å². The van der Waals surface area contributed by atoms with E-state index < -0.39 is 23.4 Å². The normalized spacial score (nSPS) is 12.2. The van der Waals surface area contributed by atoms with Crippen LogP contribution in [0.5, 0.6) is 11.5 Å². The number of hydrogen-bond acceptors (Lipinski definition) is 6. The smallest absolute Gasteiger partial charge is 0.221 e. The zero-order valence-electron chi connectivity index (χ0n) is 14.3. The molecule has 0 saturated heterocycles. The number of hydrogen-bond donors (Lipinski definition) is 0. The number of nitrogens with zero attached hydrogens (tertiary/aromatic N) is 2. The Hall–Kier alpha value is -3.64. The van der Waals surface area contributed by atoms with Crippen LogP contribution in [0.3, 0.4) is 0 Å². The van der Waals surface area contributed by atoms with Crippen molar-refractivity contribution in [3.63, 3.8) is 0 Å². The summed E-state index contributed by atoms with van der Waals surface area (Å²) in [6, 6.07) is 16.3. The molecule has 2 unspecified atom stereocenters. The van der Waals surface area contributed by atoms with Gasteiger partial charge in [-0.1, -0.05) is 24.3 Å². The minimum atomic E-state index is -1.28. The number of nitriles is 2. The van der Waals surface area contributed by atoms with Gasteiger partial charge in [0.2, 0.25) is 11.6 Å². The quantitative estimate of drug-likeness (QED) is 0.713. The fourth-order valence-electron chi connectivity index (χ4n) is 2.45. The first-order valence-corrected chi connectivity index (χ1v) is 7.70. The van der Waals surface area contributed by atoms with Gasteiger partial charge in [-0.2, -0.15) is 10.5 Å². The second kappa shape index (κ2) is 8.46. The molecular formula is C20H16N2O4. The standard InChI is InChI=1S/C20H16N2O4/c1-25-15-7-3-13(4-8-15)17(11-21)19(23)20(24)18(12-22)14-5-9-16(26-2)10-6-14/h3-10,17-18H,1-2H3. The number of ketones is 2. The summed E-state index contributed by atoms with van der Waals surface area (Å²) in [6.07, 6.45) is 0. The van der Waals surface area contributed by atoms with E-state index in [4.69, 9.17) is 9.47 Å². The molecule has 0 fully saturated rings. The van der Waals surface area contributed by atoms with Gasteiger partial charge in [0, 0.05) is 0 Å². The molecule has 0 aliphatic heterocycles. The molecule has 6 heteroatoms. The van der Waals surface area contributed by atoms with Gasteiger partial charge in [0.05, 0.1) is 26.4 Å². The molecule has 0 aliphatic rings. The summed E-state index contributed by atoms with van der Waals surface area (Å²) < 4.78 is 10.1. The molecule has 0 heterocycles. The van der Waals surface area contributed by atoms with Gasteiger partial charge in [0.25, 0.3) is 0 Å². The van der Waals surface area contributed by atoms with Gasteiger partial charge in [0.15, 0.2) is 0 Å². The lowest BCUT2D eigenvalue weighted by molar-refractivity contribution is -0.137. The van der Waals surface area contributed by atoms with Crippen molar-refractivity contribution in [3.05, 3.63) is 59.7 Å². The highest BCUT2D eigenvalue weighted by molar-refractivity contribution is 6.42. The van der Waals surface area contributed by atoms with Crippen molar-refractivity contribution >= 4 is 11.6 Å². The first kappa shape index (κ1) is 18.7. The Labute approximate surface area is 151 Å². The van der Waals surface area contributed by atoms with Crippen LogP contribution in [-0.4, -0.2) is 25.8 Å². The Bertz CT molecular complexity index is 799. The summed E-state index contributed by atoms with van der Waals surface area (Å²) in [5, 5.41) is 18.7. The predicted octanol–water partition coefficient (Wildman–Crippen LogP) is 2.76. The highest BCUT2D eigenvalue weighted by Gasteiger charge is 2.33. The van der Waals surface area contributed by atoms with Gasteiger partial charge in [-0.05, 0) is 35.4 Å². The number of ether oxygens (including phenoxy) is 2. The van der Waals surface area contributed by atoms with Crippen molar-refractivity contribution < 1.29 is 19.1 Å². The molecule has 0 aliphatic carbocycles. The molecule has 6 nitrogen and oxygen atoms in total. The lowest BCUT2D eigenvalue weighted by Gasteiger charge is -2.12. The second-order valence-electron chi connectivity index (χ2n) is 5.40. The predicted molar refractivity (Wildman–Crippen MR) is 92.7 cm³/mol. The van der Waals surface area contributed by atoms with Crippen molar-refractivity contribution in [1.82, 2.24) is 0 Å². The molecule has 0 aromatic heterocycles. The molecular weight excluding hydrogens is 332 g/mol. The first-order chi connectivity index (χ1) is 12.5. The Morgan fingerprint density at radius 2 is 1.04 bits per heavy atom. The monoisotopic (exact) mass is 348 g/mol. The Morgan fingerprint density at radius 3 is 1.27 bits per heavy atom. The van der Waals surface area contributed by atoms with Crippen LogP contribution in [0, 0.1) is 22.7 Å². The second-order valence-corrected chi connectivity index (χ2v) is 5.40. The largest absolute Gasteiger partial charge is 0.497 e. The Morgan fingerprint density at radius 1 is 0.731 bits per heavy atom. The average molecular weight is 348 g/mol. The molecule has 2 atom stereocenters. The number of carbonyl (C=O) groups excluding carboxylic acids is 2. The SMILES string of the molecule is COc1ccc(C(C#N)C(=O)C(=O)C(C#N)c2ccc(OC)cc2)cc1. The molecule has 0 spiro atoms. The van der Waals surface area contributed by atoms with Crippen LogP contribution in [0.25, 0.3) is 0 Å². The van der Waals surface area contributed by atoms with E-state index in [9.17, 15) is 20.1 Å². The number of carbonyl (C=O) groups is 2. The Balaban J connectivity index is 2.27. The molecule has 2 aromatic carbocycles. The lowest BCUT2D eigenvalue weighted by Crippen LogP contribution is -2.26. The number of Topliss-reactive ketones (excluding diaryl/α,β-unsaturated/α-hetero) is 2. The topological polar surface area (TPSA) is 100 Å². The van der Waals surface area contributed by atoms with Gasteiger partial charge in [-0.3, -0.25) is 9.59 Å². The van der Waals surface area contributed by atoms with Crippen LogP contribution >= 0.6 is 0 Å². The Kier molecular flexibility index (Phi) is 6.08. The fourth-order valence-corrected chi connectivity index (χ4v) is 2.45. The third-order valence-electron chi connectivity index (χ3n) is 3.92. The molecule has 26 heavy (non-hydrogen) atoms. The fraction of sp³-hybridized carbons (Fsp3) is 0.200. The van der Waals surface area contributed by atoms with Crippen LogP contribution in [0.2, 0.25) is 0 Å². The average Bonchev–Trinajstić information content (AvgIpc) is 2.70. The van der Waals surface area contributed by atoms with E-state index in [1.54, 1.807) is 48.5 Å². The highest BCUT2D eigenvalue weighted by Crippen LogP contribution is 2.25. The summed E-state index contributed by atoms with van der Waals surface area (Å²) >= 11 is 0. The molecule has 2 aromatic rings.